The minimum Gasteiger partial charge on any atom is -0.461 e. The van der Waals surface area contributed by atoms with Crippen LogP contribution in [0.1, 0.15) is 91.9 Å². The lowest BCUT2D eigenvalue weighted by atomic mass is 9.85. The number of carbonyl (C=O) groups is 4. The Balaban J connectivity index is 2.36. The second-order valence-corrected chi connectivity index (χ2v) is 11.7. The molecule has 2 aliphatic heterocycles. The van der Waals surface area contributed by atoms with Crippen LogP contribution in [-0.4, -0.2) is 61.0 Å². The molecular weight excluding hydrogens is 564 g/mol. The number of aldehydes is 1. The Morgan fingerprint density at radius 3 is 2.39 bits per heavy atom. The van der Waals surface area contributed by atoms with E-state index in [4.69, 9.17) is 23.7 Å². The molecule has 0 aliphatic carbocycles. The first kappa shape index (κ1) is 36.9. The van der Waals surface area contributed by atoms with Gasteiger partial charge in [0.15, 0.2) is 5.79 Å². The molecule has 44 heavy (non-hydrogen) atoms. The van der Waals surface area contributed by atoms with Gasteiger partial charge in [-0.05, 0) is 62.7 Å². The van der Waals surface area contributed by atoms with Crippen LogP contribution in [0.5, 0.6) is 0 Å². The molecular formula is C35H50O9. The Hall–Kier alpha value is -3.30. The smallest absolute Gasteiger partial charge is 0.331 e. The first-order valence-electron chi connectivity index (χ1n) is 15.6. The Bertz CT molecular complexity index is 1100. The van der Waals surface area contributed by atoms with E-state index in [1.807, 2.05) is 6.08 Å². The number of carbonyl (C=O) groups excluding carboxylic acids is 4. The average molecular weight is 615 g/mol. The van der Waals surface area contributed by atoms with Crippen molar-refractivity contribution in [3.05, 3.63) is 60.8 Å². The van der Waals surface area contributed by atoms with Gasteiger partial charge in [-0.1, -0.05) is 64.2 Å². The van der Waals surface area contributed by atoms with Crippen LogP contribution >= 0.6 is 0 Å². The number of rotatable bonds is 18. The molecule has 9 nitrogen and oxygen atoms in total. The van der Waals surface area contributed by atoms with Crippen molar-refractivity contribution in [2.24, 2.45) is 5.92 Å². The molecule has 9 heteroatoms. The van der Waals surface area contributed by atoms with Gasteiger partial charge in [0.1, 0.15) is 31.2 Å². The maximum Gasteiger partial charge on any atom is 0.331 e. The summed E-state index contributed by atoms with van der Waals surface area (Å²) in [6, 6.07) is 0. The second kappa shape index (κ2) is 18.5. The molecule has 0 aromatic rings. The average Bonchev–Trinajstić information content (AvgIpc) is 3.37. The van der Waals surface area contributed by atoms with E-state index >= 15 is 0 Å². The molecule has 2 rings (SSSR count). The van der Waals surface area contributed by atoms with E-state index in [9.17, 15) is 19.2 Å². The van der Waals surface area contributed by atoms with Crippen molar-refractivity contribution >= 4 is 24.2 Å². The Morgan fingerprint density at radius 1 is 1.00 bits per heavy atom. The van der Waals surface area contributed by atoms with Crippen LogP contribution in [0.25, 0.3) is 0 Å². The highest BCUT2D eigenvalue weighted by Crippen LogP contribution is 2.50. The number of hydrogen-bond acceptors (Lipinski definition) is 9. The fourth-order valence-corrected chi connectivity index (χ4v) is 5.45. The molecule has 0 N–H and O–H groups in total. The van der Waals surface area contributed by atoms with Crippen LogP contribution in [0, 0.1) is 5.92 Å². The summed E-state index contributed by atoms with van der Waals surface area (Å²) >= 11 is 0. The molecule has 5 atom stereocenters. The van der Waals surface area contributed by atoms with Gasteiger partial charge in [-0.2, -0.15) is 0 Å². The topological polar surface area (TPSA) is 114 Å². The molecule has 1 spiro atoms. The molecule has 2 fully saturated rings. The molecule has 2 heterocycles. The van der Waals surface area contributed by atoms with Crippen LogP contribution in [-0.2, 0) is 42.9 Å². The zero-order chi connectivity index (χ0) is 32.6. The second-order valence-electron chi connectivity index (χ2n) is 11.7. The van der Waals surface area contributed by atoms with E-state index in [1.165, 1.54) is 18.2 Å². The minimum atomic E-state index is -0.880. The third-order valence-electron chi connectivity index (χ3n) is 8.01. The van der Waals surface area contributed by atoms with E-state index in [0.717, 1.165) is 25.5 Å². The monoisotopic (exact) mass is 614 g/mol. The summed E-state index contributed by atoms with van der Waals surface area (Å²) in [5, 5.41) is 0. The van der Waals surface area contributed by atoms with E-state index in [0.29, 0.717) is 43.3 Å². The van der Waals surface area contributed by atoms with Crippen molar-refractivity contribution in [1.82, 2.24) is 0 Å². The number of hydrogen-bond donors (Lipinski definition) is 0. The summed E-state index contributed by atoms with van der Waals surface area (Å²) in [5.74, 6) is -2.15. The summed E-state index contributed by atoms with van der Waals surface area (Å²) in [7, 11) is 0. The van der Waals surface area contributed by atoms with Crippen molar-refractivity contribution < 1.29 is 42.9 Å². The number of allylic oxidation sites excluding steroid dienone is 3. The molecule has 2 aliphatic rings. The predicted molar refractivity (Wildman–Crippen MR) is 167 cm³/mol. The van der Waals surface area contributed by atoms with Crippen LogP contribution < -0.4 is 0 Å². The van der Waals surface area contributed by atoms with Crippen molar-refractivity contribution in [2.45, 2.75) is 115 Å². The molecule has 2 saturated heterocycles. The van der Waals surface area contributed by atoms with Crippen molar-refractivity contribution in [3.8, 4) is 0 Å². The largest absolute Gasteiger partial charge is 0.461 e. The molecule has 0 unspecified atom stereocenters. The Labute approximate surface area is 262 Å². The lowest BCUT2D eigenvalue weighted by Gasteiger charge is -2.44. The van der Waals surface area contributed by atoms with E-state index < -0.39 is 35.4 Å². The third kappa shape index (κ3) is 11.7. The van der Waals surface area contributed by atoms with Gasteiger partial charge in [-0.25, -0.2) is 4.79 Å². The van der Waals surface area contributed by atoms with Gasteiger partial charge in [0, 0.05) is 18.9 Å². The van der Waals surface area contributed by atoms with Gasteiger partial charge in [0.2, 0.25) is 0 Å². The van der Waals surface area contributed by atoms with Crippen LogP contribution in [0.15, 0.2) is 60.8 Å². The summed E-state index contributed by atoms with van der Waals surface area (Å²) in [6.45, 7) is 15.0. The SMILES string of the molecule is C=CCOC(=O)/C=C(C)/C=C/[C@H](OC(=O)CCC(=O)OCC=C)[C@@]1(CCCC)CC[C@]2(CC[C@H](C)[C@@H](C/C=C(\C)C=O)O2)O1. The van der Waals surface area contributed by atoms with Crippen LogP contribution in [0.3, 0.4) is 0 Å². The Kier molecular flexibility index (Phi) is 15.5. The van der Waals surface area contributed by atoms with Gasteiger partial charge in [-0.15, -0.1) is 0 Å². The highest BCUT2D eigenvalue weighted by Gasteiger charge is 2.56. The molecule has 0 amide bonds. The Morgan fingerprint density at radius 2 is 1.70 bits per heavy atom. The lowest BCUT2D eigenvalue weighted by molar-refractivity contribution is -0.308. The molecule has 0 saturated carbocycles. The van der Waals surface area contributed by atoms with Gasteiger partial charge < -0.3 is 23.7 Å². The first-order valence-corrected chi connectivity index (χ1v) is 15.6. The van der Waals surface area contributed by atoms with Gasteiger partial charge in [-0.3, -0.25) is 14.4 Å². The summed E-state index contributed by atoms with van der Waals surface area (Å²) in [6.07, 6.45) is 15.0. The maximum absolute atomic E-state index is 13.1. The third-order valence-corrected chi connectivity index (χ3v) is 8.01. The zero-order valence-electron chi connectivity index (χ0n) is 26.8. The highest BCUT2D eigenvalue weighted by atomic mass is 16.7. The minimum absolute atomic E-state index is 0.0697. The number of esters is 3. The maximum atomic E-state index is 13.1. The van der Waals surface area contributed by atoms with Gasteiger partial charge >= 0.3 is 17.9 Å². The molecule has 0 aromatic carbocycles. The summed E-state index contributed by atoms with van der Waals surface area (Å²) in [4.78, 5) is 48.4. The summed E-state index contributed by atoms with van der Waals surface area (Å²) < 4.78 is 29.7. The highest BCUT2D eigenvalue weighted by molar-refractivity contribution is 5.83. The molecule has 0 aromatic heterocycles. The van der Waals surface area contributed by atoms with Crippen LogP contribution in [0.4, 0.5) is 0 Å². The molecule has 0 radical (unpaired) electrons. The van der Waals surface area contributed by atoms with Gasteiger partial charge in [0.05, 0.1) is 18.9 Å². The normalized spacial score (nSPS) is 26.3. The summed E-state index contributed by atoms with van der Waals surface area (Å²) in [5.41, 5.74) is 0.383. The van der Waals surface area contributed by atoms with Gasteiger partial charge in [0.25, 0.3) is 0 Å². The van der Waals surface area contributed by atoms with Crippen molar-refractivity contribution in [1.29, 1.82) is 0 Å². The van der Waals surface area contributed by atoms with Crippen LogP contribution in [0.2, 0.25) is 0 Å². The number of unbranched alkanes of at least 4 members (excludes halogenated alkanes) is 1. The zero-order valence-corrected chi connectivity index (χ0v) is 26.8. The standard InChI is InChI=1S/C35H50O9/c1-7-10-18-34(20-21-35(44-34)19-17-28(6)29(43-35)13-11-27(5)25-36)30(14-12-26(4)24-33(39)41-23-9-3)42-32(38)16-15-31(37)40-22-8-2/h8-9,11-12,14,24-25,28-30H,2-3,7,10,13,15-23H2,1,4-6H3/b14-12+,26-24+,27-11+/t28-,29+,30-,34+,35-/m0/s1. The molecule has 244 valence electrons. The fourth-order valence-electron chi connectivity index (χ4n) is 5.45. The van der Waals surface area contributed by atoms with Crippen molar-refractivity contribution in [3.63, 3.8) is 0 Å². The van der Waals surface area contributed by atoms with E-state index in [1.54, 1.807) is 26.0 Å². The van der Waals surface area contributed by atoms with Crippen molar-refractivity contribution in [2.75, 3.05) is 13.2 Å². The van der Waals surface area contributed by atoms with E-state index in [2.05, 4.69) is 27.0 Å². The lowest BCUT2D eigenvalue weighted by Crippen LogP contribution is -2.50. The quantitative estimate of drug-likeness (QED) is 0.0430. The molecule has 0 bridgehead atoms. The predicted octanol–water partition coefficient (Wildman–Crippen LogP) is 6.43. The fraction of sp³-hybridized carbons (Fsp3) is 0.600. The van der Waals surface area contributed by atoms with E-state index in [-0.39, 0.29) is 38.1 Å². The first-order chi connectivity index (χ1) is 21.0. The number of ether oxygens (including phenoxy) is 5.